The van der Waals surface area contributed by atoms with Crippen molar-refractivity contribution in [2.45, 2.75) is 66.2 Å². The van der Waals surface area contributed by atoms with Crippen molar-refractivity contribution in [3.05, 3.63) is 32.2 Å². The minimum Gasteiger partial charge on any atom is -0.461 e. The molecule has 9 nitrogen and oxygen atoms in total. The van der Waals surface area contributed by atoms with E-state index >= 15 is 0 Å². The summed E-state index contributed by atoms with van der Waals surface area (Å²) in [6.45, 7) is 13.1. The highest BCUT2D eigenvalue weighted by atomic mass is 32.1. The molecule has 0 aliphatic carbocycles. The highest BCUT2D eigenvalue weighted by Crippen LogP contribution is 2.26. The van der Waals surface area contributed by atoms with E-state index in [-0.39, 0.29) is 35.9 Å². The number of thiazole rings is 2. The molecule has 0 aliphatic rings. The highest BCUT2D eigenvalue weighted by Gasteiger charge is 2.26. The number of esters is 1. The van der Waals surface area contributed by atoms with Crippen LogP contribution in [-0.4, -0.2) is 40.1 Å². The van der Waals surface area contributed by atoms with Crippen molar-refractivity contribution in [2.75, 3.05) is 6.61 Å². The number of amides is 2. The number of hydrogen-bond acceptors (Lipinski definition) is 9. The minimum absolute atomic E-state index is 0.0418. The standard InChI is InChI=1S/C21H30N4O5S2/c1-8-29-19(27)14-10-31-17(24-14)12(4)22-16(26)13-9-32-18(23-13)15(11(2)3)25-20(28)30-21(5,6)7/h9-12,15H,8H2,1-7H3,(H,22,26)(H,25,28)/t12-,15-/m0/s1. The lowest BCUT2D eigenvalue weighted by atomic mass is 10.1. The summed E-state index contributed by atoms with van der Waals surface area (Å²) < 4.78 is 10.3. The molecular formula is C21H30N4O5S2. The average molecular weight is 483 g/mol. The van der Waals surface area contributed by atoms with Crippen LogP contribution in [0.5, 0.6) is 0 Å². The number of nitrogens with zero attached hydrogens (tertiary/aromatic N) is 2. The first-order valence-corrected chi connectivity index (χ1v) is 12.1. The van der Waals surface area contributed by atoms with Crippen molar-refractivity contribution >= 4 is 40.6 Å². The fourth-order valence-electron chi connectivity index (χ4n) is 2.60. The van der Waals surface area contributed by atoms with E-state index in [1.807, 2.05) is 13.8 Å². The number of nitrogens with one attached hydrogen (secondary N) is 2. The minimum atomic E-state index is -0.612. The van der Waals surface area contributed by atoms with Gasteiger partial charge in [0.05, 0.1) is 18.7 Å². The van der Waals surface area contributed by atoms with E-state index in [4.69, 9.17) is 9.47 Å². The summed E-state index contributed by atoms with van der Waals surface area (Å²) in [5.74, 6) is -0.817. The predicted molar refractivity (Wildman–Crippen MR) is 123 cm³/mol. The topological polar surface area (TPSA) is 120 Å². The second kappa shape index (κ2) is 10.9. The lowest BCUT2D eigenvalue weighted by Gasteiger charge is -2.24. The second-order valence-electron chi connectivity index (χ2n) is 8.43. The van der Waals surface area contributed by atoms with E-state index in [1.165, 1.54) is 22.7 Å². The SMILES string of the molecule is CCOC(=O)c1csc([C@H](C)NC(=O)c2csc([C@@H](NC(=O)OC(C)(C)C)C(C)C)n2)n1. The van der Waals surface area contributed by atoms with E-state index < -0.39 is 23.7 Å². The molecule has 0 spiro atoms. The van der Waals surface area contributed by atoms with Crippen molar-refractivity contribution in [3.63, 3.8) is 0 Å². The summed E-state index contributed by atoms with van der Waals surface area (Å²) in [6.07, 6.45) is -0.535. The molecule has 0 radical (unpaired) electrons. The molecule has 2 amide bonds. The zero-order valence-electron chi connectivity index (χ0n) is 19.3. The van der Waals surface area contributed by atoms with Gasteiger partial charge in [-0.15, -0.1) is 22.7 Å². The van der Waals surface area contributed by atoms with Gasteiger partial charge in [-0.05, 0) is 40.5 Å². The number of rotatable bonds is 8. The van der Waals surface area contributed by atoms with E-state index in [0.29, 0.717) is 10.0 Å². The molecule has 2 atom stereocenters. The first-order valence-electron chi connectivity index (χ1n) is 10.3. The van der Waals surface area contributed by atoms with Gasteiger partial charge in [0.25, 0.3) is 5.91 Å². The highest BCUT2D eigenvalue weighted by molar-refractivity contribution is 7.10. The third kappa shape index (κ3) is 7.27. The Kier molecular flexibility index (Phi) is 8.73. The molecule has 2 aromatic rings. The van der Waals surface area contributed by atoms with Crippen LogP contribution < -0.4 is 10.6 Å². The Morgan fingerprint density at radius 2 is 1.59 bits per heavy atom. The van der Waals surface area contributed by atoms with Crippen LogP contribution >= 0.6 is 22.7 Å². The van der Waals surface area contributed by atoms with Crippen molar-refractivity contribution in [1.82, 2.24) is 20.6 Å². The van der Waals surface area contributed by atoms with Crippen molar-refractivity contribution in [1.29, 1.82) is 0 Å². The van der Waals surface area contributed by atoms with E-state index in [0.717, 1.165) is 0 Å². The molecular weight excluding hydrogens is 452 g/mol. The van der Waals surface area contributed by atoms with Gasteiger partial charge < -0.3 is 20.1 Å². The molecule has 0 saturated carbocycles. The average Bonchev–Trinajstić information content (AvgIpc) is 3.34. The number of carbonyl (C=O) groups excluding carboxylic acids is 3. The summed E-state index contributed by atoms with van der Waals surface area (Å²) in [6, 6.07) is -0.804. The molecule has 0 aliphatic heterocycles. The molecule has 2 aromatic heterocycles. The molecule has 0 saturated heterocycles. The molecule has 0 aromatic carbocycles. The van der Waals surface area contributed by atoms with E-state index in [9.17, 15) is 14.4 Å². The molecule has 11 heteroatoms. The molecule has 0 bridgehead atoms. The summed E-state index contributed by atoms with van der Waals surface area (Å²) in [5.41, 5.74) is -0.147. The van der Waals surface area contributed by atoms with E-state index in [2.05, 4.69) is 20.6 Å². The van der Waals surface area contributed by atoms with Crippen molar-refractivity contribution < 1.29 is 23.9 Å². The van der Waals surface area contributed by atoms with Gasteiger partial charge >= 0.3 is 12.1 Å². The number of carbonyl (C=O) groups is 3. The van der Waals surface area contributed by atoms with Crippen LogP contribution in [-0.2, 0) is 9.47 Å². The van der Waals surface area contributed by atoms with Gasteiger partial charge in [0, 0.05) is 10.8 Å². The van der Waals surface area contributed by atoms with Crippen molar-refractivity contribution in [3.8, 4) is 0 Å². The summed E-state index contributed by atoms with van der Waals surface area (Å²) in [5, 5.41) is 10.1. The van der Waals surface area contributed by atoms with Crippen LogP contribution in [0.2, 0.25) is 0 Å². The third-order valence-corrected chi connectivity index (χ3v) is 6.04. The molecule has 176 valence electrons. The van der Waals surface area contributed by atoms with Gasteiger partial charge in [-0.3, -0.25) is 4.79 Å². The monoisotopic (exact) mass is 482 g/mol. The Hall–Kier alpha value is -2.53. The largest absolute Gasteiger partial charge is 0.461 e. The molecule has 2 rings (SSSR count). The number of ether oxygens (including phenoxy) is 2. The van der Waals surface area contributed by atoms with Gasteiger partial charge in [0.1, 0.15) is 21.3 Å². The predicted octanol–water partition coefficient (Wildman–Crippen LogP) is 4.49. The first kappa shape index (κ1) is 25.7. The van der Waals surface area contributed by atoms with E-state index in [1.54, 1.807) is 45.4 Å². The van der Waals surface area contributed by atoms with Gasteiger partial charge in [-0.1, -0.05) is 13.8 Å². The molecule has 32 heavy (non-hydrogen) atoms. The first-order chi connectivity index (χ1) is 14.9. The molecule has 0 fully saturated rings. The normalized spacial score (nSPS) is 13.4. The maximum Gasteiger partial charge on any atom is 0.408 e. The quantitative estimate of drug-likeness (QED) is 0.532. The summed E-state index contributed by atoms with van der Waals surface area (Å²) in [4.78, 5) is 45.4. The number of alkyl carbamates (subject to hydrolysis) is 1. The fourth-order valence-corrected chi connectivity index (χ4v) is 4.42. The van der Waals surface area contributed by atoms with Crippen LogP contribution in [0.1, 0.15) is 91.5 Å². The van der Waals surface area contributed by atoms with Gasteiger partial charge in [0.2, 0.25) is 0 Å². The second-order valence-corrected chi connectivity index (χ2v) is 10.2. The van der Waals surface area contributed by atoms with Crippen LogP contribution in [0.15, 0.2) is 10.8 Å². The van der Waals surface area contributed by atoms with Crippen LogP contribution in [0.4, 0.5) is 4.79 Å². The summed E-state index contributed by atoms with van der Waals surface area (Å²) in [7, 11) is 0. The zero-order valence-corrected chi connectivity index (χ0v) is 21.0. The number of aromatic nitrogens is 2. The summed E-state index contributed by atoms with van der Waals surface area (Å²) >= 11 is 2.56. The van der Waals surface area contributed by atoms with Gasteiger partial charge in [-0.2, -0.15) is 0 Å². The van der Waals surface area contributed by atoms with Crippen LogP contribution in [0.25, 0.3) is 0 Å². The molecule has 2 N–H and O–H groups in total. The Morgan fingerprint density at radius 3 is 2.19 bits per heavy atom. The third-order valence-electron chi connectivity index (χ3n) is 4.08. The van der Waals surface area contributed by atoms with Gasteiger partial charge in [-0.25, -0.2) is 19.6 Å². The fraction of sp³-hybridized carbons (Fsp3) is 0.571. The lowest BCUT2D eigenvalue weighted by molar-refractivity contribution is 0.0486. The smallest absolute Gasteiger partial charge is 0.408 e. The maximum absolute atomic E-state index is 12.7. The Morgan fingerprint density at radius 1 is 1.00 bits per heavy atom. The van der Waals surface area contributed by atoms with Gasteiger partial charge in [0.15, 0.2) is 5.69 Å². The maximum atomic E-state index is 12.7. The zero-order chi connectivity index (χ0) is 24.1. The molecule has 0 unspecified atom stereocenters. The molecule has 2 heterocycles. The number of hydrogen-bond donors (Lipinski definition) is 2. The van der Waals surface area contributed by atoms with Crippen molar-refractivity contribution in [2.24, 2.45) is 5.92 Å². The lowest BCUT2D eigenvalue weighted by Crippen LogP contribution is -2.36. The Labute approximate surface area is 195 Å². The Bertz CT molecular complexity index is 948. The van der Waals surface area contributed by atoms with Crippen LogP contribution in [0, 0.1) is 5.92 Å². The van der Waals surface area contributed by atoms with Crippen LogP contribution in [0.3, 0.4) is 0 Å². The Balaban J connectivity index is 2.05.